The fourth-order valence-electron chi connectivity index (χ4n) is 1.27. The highest BCUT2D eigenvalue weighted by molar-refractivity contribution is 9.10. The molecule has 88 valence electrons. The summed E-state index contributed by atoms with van der Waals surface area (Å²) in [6, 6.07) is 5.68. The zero-order valence-corrected chi connectivity index (χ0v) is 10.7. The van der Waals surface area contributed by atoms with Crippen LogP contribution in [0.15, 0.2) is 35.1 Å². The van der Waals surface area contributed by atoms with E-state index >= 15 is 0 Å². The lowest BCUT2D eigenvalue weighted by atomic mass is 10.2. The van der Waals surface area contributed by atoms with Crippen LogP contribution in [0.1, 0.15) is 5.56 Å². The molecule has 2 rings (SSSR count). The topological polar surface area (TPSA) is 73.1 Å². The Hall–Kier alpha value is -1.66. The van der Waals surface area contributed by atoms with Crippen molar-refractivity contribution < 1.29 is 4.74 Å². The van der Waals surface area contributed by atoms with Crippen LogP contribution in [0.5, 0.6) is 11.6 Å². The van der Waals surface area contributed by atoms with Crippen LogP contribution in [0.4, 0.5) is 5.82 Å². The van der Waals surface area contributed by atoms with Crippen LogP contribution in [0.25, 0.3) is 0 Å². The van der Waals surface area contributed by atoms with E-state index in [1.807, 2.05) is 25.1 Å². The number of anilines is 1. The van der Waals surface area contributed by atoms with E-state index in [1.54, 1.807) is 0 Å². The fourth-order valence-corrected chi connectivity index (χ4v) is 1.51. The highest BCUT2D eigenvalue weighted by Crippen LogP contribution is 2.25. The number of rotatable bonds is 3. The first kappa shape index (κ1) is 11.8. The van der Waals surface area contributed by atoms with E-state index < -0.39 is 0 Å². The van der Waals surface area contributed by atoms with Crippen molar-refractivity contribution in [3.8, 4) is 11.6 Å². The third-order valence-corrected chi connectivity index (χ3v) is 3.00. The zero-order chi connectivity index (χ0) is 12.3. The molecular formula is C11H11BrN4O. The van der Waals surface area contributed by atoms with Crippen molar-refractivity contribution in [1.29, 1.82) is 0 Å². The first-order valence-corrected chi connectivity index (χ1v) is 5.71. The summed E-state index contributed by atoms with van der Waals surface area (Å²) >= 11 is 3.43. The first-order chi connectivity index (χ1) is 8.19. The fraction of sp³-hybridized carbons (Fsp3) is 0.0909. The second-order valence-electron chi connectivity index (χ2n) is 3.40. The predicted octanol–water partition coefficient (Wildman–Crippen LogP) is 2.63. The van der Waals surface area contributed by atoms with E-state index in [9.17, 15) is 0 Å². The molecule has 0 atom stereocenters. The molecule has 0 bridgehead atoms. The molecule has 0 fully saturated rings. The molecule has 0 aliphatic carbocycles. The van der Waals surface area contributed by atoms with Crippen LogP contribution in [0.2, 0.25) is 0 Å². The lowest BCUT2D eigenvalue weighted by Gasteiger charge is -2.07. The Morgan fingerprint density at radius 2 is 2.18 bits per heavy atom. The normalized spacial score (nSPS) is 10.1. The minimum Gasteiger partial charge on any atom is -0.437 e. The predicted molar refractivity (Wildman–Crippen MR) is 68.8 cm³/mol. The Morgan fingerprint density at radius 1 is 1.35 bits per heavy atom. The third-order valence-electron chi connectivity index (χ3n) is 2.11. The van der Waals surface area contributed by atoms with Gasteiger partial charge >= 0.3 is 0 Å². The molecule has 0 spiro atoms. The summed E-state index contributed by atoms with van der Waals surface area (Å²) in [5.74, 6) is 6.79. The molecule has 0 unspecified atom stereocenters. The molecule has 1 aromatic heterocycles. The second kappa shape index (κ2) is 5.11. The van der Waals surface area contributed by atoms with Crippen molar-refractivity contribution in [1.82, 2.24) is 9.97 Å². The number of aryl methyl sites for hydroxylation is 1. The van der Waals surface area contributed by atoms with Gasteiger partial charge in [-0.1, -0.05) is 15.9 Å². The number of hydrazine groups is 1. The van der Waals surface area contributed by atoms with Crippen LogP contribution < -0.4 is 16.0 Å². The van der Waals surface area contributed by atoms with Crippen molar-refractivity contribution in [2.24, 2.45) is 5.84 Å². The summed E-state index contributed by atoms with van der Waals surface area (Å²) in [7, 11) is 0. The van der Waals surface area contributed by atoms with Crippen LogP contribution in [0, 0.1) is 6.92 Å². The van der Waals surface area contributed by atoms with Crippen LogP contribution in [-0.2, 0) is 0 Å². The van der Waals surface area contributed by atoms with Crippen LogP contribution in [-0.4, -0.2) is 9.97 Å². The quantitative estimate of drug-likeness (QED) is 0.672. The highest BCUT2D eigenvalue weighted by atomic mass is 79.9. The van der Waals surface area contributed by atoms with Gasteiger partial charge in [-0.15, -0.1) is 0 Å². The van der Waals surface area contributed by atoms with Crippen molar-refractivity contribution in [3.63, 3.8) is 0 Å². The molecule has 5 nitrogen and oxygen atoms in total. The Bertz CT molecular complexity index is 533. The van der Waals surface area contributed by atoms with Crippen molar-refractivity contribution in [2.45, 2.75) is 6.92 Å². The lowest BCUT2D eigenvalue weighted by Crippen LogP contribution is -2.08. The maximum atomic E-state index is 5.57. The summed E-state index contributed by atoms with van der Waals surface area (Å²) in [4.78, 5) is 8.06. The number of halogens is 1. The van der Waals surface area contributed by atoms with E-state index in [1.165, 1.54) is 12.4 Å². The minimum atomic E-state index is 0.391. The van der Waals surface area contributed by atoms with Gasteiger partial charge in [0.05, 0.1) is 12.4 Å². The molecule has 3 N–H and O–H groups in total. The number of nitrogens with two attached hydrogens (primary N) is 1. The van der Waals surface area contributed by atoms with Gasteiger partial charge in [-0.2, -0.15) is 4.98 Å². The molecule has 0 aliphatic rings. The molecular weight excluding hydrogens is 284 g/mol. The van der Waals surface area contributed by atoms with Crippen LogP contribution >= 0.6 is 15.9 Å². The summed E-state index contributed by atoms with van der Waals surface area (Å²) in [5, 5.41) is 0. The van der Waals surface area contributed by atoms with E-state index in [0.717, 1.165) is 10.0 Å². The number of ether oxygens (including phenoxy) is 1. The largest absolute Gasteiger partial charge is 0.437 e. The summed E-state index contributed by atoms with van der Waals surface area (Å²) in [5.41, 5.74) is 3.50. The zero-order valence-electron chi connectivity index (χ0n) is 9.14. The first-order valence-electron chi connectivity index (χ1n) is 4.91. The molecule has 0 saturated heterocycles. The van der Waals surface area contributed by atoms with Gasteiger partial charge in [0.1, 0.15) is 5.75 Å². The maximum Gasteiger partial charge on any atom is 0.239 e. The van der Waals surface area contributed by atoms with Crippen molar-refractivity contribution >= 4 is 21.7 Å². The molecule has 6 heteroatoms. The number of aromatic nitrogens is 2. The Morgan fingerprint density at radius 3 is 2.88 bits per heavy atom. The monoisotopic (exact) mass is 294 g/mol. The van der Waals surface area contributed by atoms with E-state index in [2.05, 4.69) is 31.3 Å². The van der Waals surface area contributed by atoms with Crippen molar-refractivity contribution in [2.75, 3.05) is 5.43 Å². The SMILES string of the molecule is Cc1cc(Oc2cncc(NN)n2)ccc1Br. The molecule has 2 aromatic rings. The molecule has 17 heavy (non-hydrogen) atoms. The summed E-state index contributed by atoms with van der Waals surface area (Å²) in [6.45, 7) is 1.99. The minimum absolute atomic E-state index is 0.391. The van der Waals surface area contributed by atoms with Crippen LogP contribution in [0.3, 0.4) is 0 Å². The van der Waals surface area contributed by atoms with Gasteiger partial charge in [0.25, 0.3) is 0 Å². The Kier molecular flexibility index (Phi) is 3.55. The van der Waals surface area contributed by atoms with Gasteiger partial charge in [0, 0.05) is 4.47 Å². The van der Waals surface area contributed by atoms with Gasteiger partial charge < -0.3 is 10.2 Å². The van der Waals surface area contributed by atoms with E-state index in [4.69, 9.17) is 10.6 Å². The van der Waals surface area contributed by atoms with Gasteiger partial charge in [0.15, 0.2) is 5.82 Å². The smallest absolute Gasteiger partial charge is 0.239 e. The number of nitrogen functional groups attached to an aromatic ring is 1. The summed E-state index contributed by atoms with van der Waals surface area (Å²) in [6.07, 6.45) is 3.04. The molecule has 0 amide bonds. The molecule has 1 aromatic carbocycles. The van der Waals surface area contributed by atoms with Gasteiger partial charge in [-0.25, -0.2) is 5.84 Å². The number of nitrogens with zero attached hydrogens (tertiary/aromatic N) is 2. The highest BCUT2D eigenvalue weighted by Gasteiger charge is 2.02. The number of benzene rings is 1. The second-order valence-corrected chi connectivity index (χ2v) is 4.25. The number of nitrogens with one attached hydrogen (secondary N) is 1. The number of hydrogen-bond donors (Lipinski definition) is 2. The molecule has 1 heterocycles. The third kappa shape index (κ3) is 2.92. The van der Waals surface area contributed by atoms with Gasteiger partial charge in [0.2, 0.25) is 5.88 Å². The standard InChI is InChI=1S/C11H11BrN4O/c1-7-4-8(2-3-9(7)12)17-11-6-14-5-10(15-11)16-13/h2-6H,13H2,1H3,(H,15,16). The van der Waals surface area contributed by atoms with E-state index in [0.29, 0.717) is 17.4 Å². The average molecular weight is 295 g/mol. The molecule has 0 aliphatic heterocycles. The number of hydrogen-bond acceptors (Lipinski definition) is 5. The average Bonchev–Trinajstić information content (AvgIpc) is 2.34. The molecule has 0 radical (unpaired) electrons. The Balaban J connectivity index is 2.22. The summed E-state index contributed by atoms with van der Waals surface area (Å²) < 4.78 is 6.60. The van der Waals surface area contributed by atoms with Crippen molar-refractivity contribution in [3.05, 3.63) is 40.6 Å². The van der Waals surface area contributed by atoms with Gasteiger partial charge in [-0.05, 0) is 30.7 Å². The van der Waals surface area contributed by atoms with Gasteiger partial charge in [-0.3, -0.25) is 4.98 Å². The van der Waals surface area contributed by atoms with E-state index in [-0.39, 0.29) is 0 Å². The molecule has 0 saturated carbocycles. The Labute approximate surface area is 107 Å². The lowest BCUT2D eigenvalue weighted by molar-refractivity contribution is 0.460. The maximum absolute atomic E-state index is 5.57.